The van der Waals surface area contributed by atoms with Crippen LogP contribution in [0.2, 0.25) is 0 Å². The van der Waals surface area contributed by atoms with E-state index in [0.29, 0.717) is 12.1 Å². The number of benzene rings is 1. The van der Waals surface area contributed by atoms with Gasteiger partial charge in [-0.1, -0.05) is 12.1 Å². The normalized spacial score (nSPS) is 20.2. The monoisotopic (exact) mass is 265 g/mol. The summed E-state index contributed by atoms with van der Waals surface area (Å²) in [6.45, 7) is 3.52. The number of rotatable bonds is 4. The predicted octanol–water partition coefficient (Wildman–Crippen LogP) is 0.388. The van der Waals surface area contributed by atoms with E-state index in [2.05, 4.69) is 22.6 Å². The van der Waals surface area contributed by atoms with E-state index >= 15 is 0 Å². The summed E-state index contributed by atoms with van der Waals surface area (Å²) in [5, 5.41) is 6.25. The molecule has 5 heteroatoms. The Bertz CT molecular complexity index is 438. The van der Waals surface area contributed by atoms with Crippen LogP contribution < -0.4 is 10.6 Å². The minimum Gasteiger partial charge on any atom is -0.354 e. The minimum atomic E-state index is -0.305. The van der Waals surface area contributed by atoms with Crippen molar-refractivity contribution in [2.24, 2.45) is 0 Å². The van der Waals surface area contributed by atoms with Crippen LogP contribution in [-0.4, -0.2) is 50.1 Å². The van der Waals surface area contributed by atoms with Gasteiger partial charge in [0.25, 0.3) is 0 Å². The summed E-state index contributed by atoms with van der Waals surface area (Å²) < 4.78 is 13.0. The van der Waals surface area contributed by atoms with Crippen LogP contribution in [0.15, 0.2) is 24.3 Å². The first-order chi connectivity index (χ1) is 9.13. The smallest absolute Gasteiger partial charge is 0.224 e. The molecule has 1 heterocycles. The fourth-order valence-electron chi connectivity index (χ4n) is 2.26. The first kappa shape index (κ1) is 14.0. The van der Waals surface area contributed by atoms with Crippen molar-refractivity contribution in [2.75, 3.05) is 33.2 Å². The lowest BCUT2D eigenvalue weighted by atomic mass is 10.1. The van der Waals surface area contributed by atoms with E-state index in [9.17, 15) is 9.18 Å². The van der Waals surface area contributed by atoms with E-state index in [4.69, 9.17) is 0 Å². The molecule has 1 aromatic carbocycles. The fraction of sp³-hybridized carbons (Fsp3) is 0.500. The highest BCUT2D eigenvalue weighted by molar-refractivity contribution is 5.78. The molecular formula is C14H20FN3O. The van der Waals surface area contributed by atoms with Crippen LogP contribution in [0.4, 0.5) is 4.39 Å². The zero-order valence-electron chi connectivity index (χ0n) is 11.2. The molecule has 2 N–H and O–H groups in total. The first-order valence-electron chi connectivity index (χ1n) is 6.56. The molecular weight excluding hydrogens is 245 g/mol. The number of piperazine rings is 1. The third kappa shape index (κ3) is 4.61. The highest BCUT2D eigenvalue weighted by Gasteiger charge is 2.16. The molecule has 4 nitrogen and oxygen atoms in total. The Hall–Kier alpha value is -1.46. The molecule has 1 fully saturated rings. The topological polar surface area (TPSA) is 44.4 Å². The van der Waals surface area contributed by atoms with Crippen LogP contribution in [0.1, 0.15) is 5.56 Å². The second-order valence-corrected chi connectivity index (χ2v) is 5.02. The number of nitrogens with zero attached hydrogens (tertiary/aromatic N) is 1. The summed E-state index contributed by atoms with van der Waals surface area (Å²) in [4.78, 5) is 14.0. The van der Waals surface area contributed by atoms with Gasteiger partial charge in [0.1, 0.15) is 5.82 Å². The second kappa shape index (κ2) is 6.63. The van der Waals surface area contributed by atoms with Crippen LogP contribution in [0.5, 0.6) is 0 Å². The molecule has 0 spiro atoms. The summed E-state index contributed by atoms with van der Waals surface area (Å²) in [7, 11) is 2.07. The summed E-state index contributed by atoms with van der Waals surface area (Å²) in [5.41, 5.74) is 0.700. The van der Waals surface area contributed by atoms with E-state index in [0.717, 1.165) is 19.6 Å². The SMILES string of the molecule is CN1CCNC(CNC(=O)Cc2cccc(F)c2)C1. The fourth-order valence-corrected chi connectivity index (χ4v) is 2.26. The molecule has 2 rings (SSSR count). The van der Waals surface area contributed by atoms with Crippen molar-refractivity contribution < 1.29 is 9.18 Å². The number of likely N-dealkylation sites (N-methyl/N-ethyl adjacent to an activating group) is 1. The number of amides is 1. The van der Waals surface area contributed by atoms with Crippen LogP contribution in [-0.2, 0) is 11.2 Å². The Labute approximate surface area is 113 Å². The van der Waals surface area contributed by atoms with Gasteiger partial charge in [-0.25, -0.2) is 4.39 Å². The van der Waals surface area contributed by atoms with E-state index in [1.54, 1.807) is 12.1 Å². The Morgan fingerprint density at radius 1 is 1.58 bits per heavy atom. The van der Waals surface area contributed by atoms with Gasteiger partial charge in [-0.15, -0.1) is 0 Å². The van der Waals surface area contributed by atoms with Gasteiger partial charge in [-0.05, 0) is 24.7 Å². The summed E-state index contributed by atoms with van der Waals surface area (Å²) >= 11 is 0. The largest absolute Gasteiger partial charge is 0.354 e. The molecule has 0 aromatic heterocycles. The van der Waals surface area contributed by atoms with Crippen molar-refractivity contribution in [1.82, 2.24) is 15.5 Å². The summed E-state index contributed by atoms with van der Waals surface area (Å²) in [6, 6.07) is 6.44. The van der Waals surface area contributed by atoms with Crippen molar-refractivity contribution in [3.05, 3.63) is 35.6 Å². The second-order valence-electron chi connectivity index (χ2n) is 5.02. The van der Waals surface area contributed by atoms with Gasteiger partial charge in [0.05, 0.1) is 6.42 Å². The van der Waals surface area contributed by atoms with Crippen LogP contribution in [0, 0.1) is 5.82 Å². The molecule has 0 bridgehead atoms. The van der Waals surface area contributed by atoms with Crippen molar-refractivity contribution in [3.8, 4) is 0 Å². The summed E-state index contributed by atoms with van der Waals surface area (Å²) in [5.74, 6) is -0.374. The maximum Gasteiger partial charge on any atom is 0.224 e. The van der Waals surface area contributed by atoms with Gasteiger partial charge < -0.3 is 15.5 Å². The molecule has 0 aliphatic carbocycles. The molecule has 1 saturated heterocycles. The van der Waals surface area contributed by atoms with Gasteiger partial charge >= 0.3 is 0 Å². The van der Waals surface area contributed by atoms with Crippen molar-refractivity contribution >= 4 is 5.91 Å². The molecule has 1 aliphatic rings. The molecule has 104 valence electrons. The van der Waals surface area contributed by atoms with E-state index < -0.39 is 0 Å². The van der Waals surface area contributed by atoms with E-state index in [1.807, 2.05) is 0 Å². The Balaban J connectivity index is 1.75. The van der Waals surface area contributed by atoms with Crippen molar-refractivity contribution in [3.63, 3.8) is 0 Å². The number of hydrogen-bond donors (Lipinski definition) is 2. The molecule has 1 amide bonds. The predicted molar refractivity (Wildman–Crippen MR) is 72.4 cm³/mol. The van der Waals surface area contributed by atoms with Crippen LogP contribution in [0.3, 0.4) is 0 Å². The number of nitrogens with one attached hydrogen (secondary N) is 2. The van der Waals surface area contributed by atoms with Gasteiger partial charge in [-0.2, -0.15) is 0 Å². The number of carbonyl (C=O) groups is 1. The Morgan fingerprint density at radius 3 is 3.16 bits per heavy atom. The molecule has 1 unspecified atom stereocenters. The first-order valence-corrected chi connectivity index (χ1v) is 6.56. The van der Waals surface area contributed by atoms with Gasteiger partial charge in [0.15, 0.2) is 0 Å². The third-order valence-electron chi connectivity index (χ3n) is 3.26. The van der Waals surface area contributed by atoms with E-state index in [-0.39, 0.29) is 24.2 Å². The minimum absolute atomic E-state index is 0.0689. The molecule has 0 saturated carbocycles. The van der Waals surface area contributed by atoms with Crippen molar-refractivity contribution in [2.45, 2.75) is 12.5 Å². The number of carbonyl (C=O) groups excluding carboxylic acids is 1. The average Bonchev–Trinajstić information content (AvgIpc) is 2.36. The number of halogens is 1. The van der Waals surface area contributed by atoms with Crippen LogP contribution >= 0.6 is 0 Å². The Morgan fingerprint density at radius 2 is 2.42 bits per heavy atom. The van der Waals surface area contributed by atoms with E-state index in [1.165, 1.54) is 12.1 Å². The average molecular weight is 265 g/mol. The number of hydrogen-bond acceptors (Lipinski definition) is 3. The maximum absolute atomic E-state index is 13.0. The Kier molecular flexibility index (Phi) is 4.87. The molecule has 1 atom stereocenters. The highest BCUT2D eigenvalue weighted by Crippen LogP contribution is 2.04. The standard InChI is InChI=1S/C14H20FN3O/c1-18-6-5-16-13(10-18)9-17-14(19)8-11-3-2-4-12(15)7-11/h2-4,7,13,16H,5-6,8-10H2,1H3,(H,17,19). The third-order valence-corrected chi connectivity index (χ3v) is 3.26. The molecule has 1 aromatic rings. The molecule has 19 heavy (non-hydrogen) atoms. The lowest BCUT2D eigenvalue weighted by molar-refractivity contribution is -0.120. The molecule has 0 radical (unpaired) electrons. The van der Waals surface area contributed by atoms with Gasteiger partial charge in [0, 0.05) is 32.2 Å². The van der Waals surface area contributed by atoms with Gasteiger partial charge in [-0.3, -0.25) is 4.79 Å². The zero-order chi connectivity index (χ0) is 13.7. The zero-order valence-corrected chi connectivity index (χ0v) is 11.2. The lowest BCUT2D eigenvalue weighted by Gasteiger charge is -2.30. The molecule has 1 aliphatic heterocycles. The van der Waals surface area contributed by atoms with Crippen LogP contribution in [0.25, 0.3) is 0 Å². The maximum atomic E-state index is 13.0. The quantitative estimate of drug-likeness (QED) is 0.827. The highest BCUT2D eigenvalue weighted by atomic mass is 19.1. The van der Waals surface area contributed by atoms with Gasteiger partial charge in [0.2, 0.25) is 5.91 Å². The summed E-state index contributed by atoms with van der Waals surface area (Å²) in [6.07, 6.45) is 0.223. The lowest BCUT2D eigenvalue weighted by Crippen LogP contribution is -2.53. The van der Waals surface area contributed by atoms with Crippen molar-refractivity contribution in [1.29, 1.82) is 0 Å².